The SMILES string of the molecule is CCOC(=O)C[C@H]1C(=O)ON=C1C. The molecule has 0 aromatic heterocycles. The molecule has 0 bridgehead atoms. The molecule has 0 amide bonds. The Hall–Kier alpha value is -1.39. The van der Waals surface area contributed by atoms with Crippen LogP contribution in [0.1, 0.15) is 20.3 Å². The summed E-state index contributed by atoms with van der Waals surface area (Å²) < 4.78 is 4.70. The molecule has 13 heavy (non-hydrogen) atoms. The summed E-state index contributed by atoms with van der Waals surface area (Å²) >= 11 is 0. The first kappa shape index (κ1) is 9.70. The maximum absolute atomic E-state index is 11.0. The molecule has 1 atom stereocenters. The van der Waals surface area contributed by atoms with Crippen LogP contribution in [0, 0.1) is 5.92 Å². The number of carbonyl (C=O) groups is 2. The molecule has 0 aromatic rings. The van der Waals surface area contributed by atoms with Crippen LogP contribution in [-0.2, 0) is 19.2 Å². The van der Waals surface area contributed by atoms with Crippen molar-refractivity contribution in [3.8, 4) is 0 Å². The van der Waals surface area contributed by atoms with E-state index in [1.807, 2.05) is 0 Å². The van der Waals surface area contributed by atoms with Gasteiger partial charge in [0.1, 0.15) is 5.92 Å². The van der Waals surface area contributed by atoms with Gasteiger partial charge in [-0.05, 0) is 13.8 Å². The normalized spacial score (nSPS) is 20.9. The number of oxime groups is 1. The van der Waals surface area contributed by atoms with Crippen molar-refractivity contribution < 1.29 is 19.2 Å². The smallest absolute Gasteiger partial charge is 0.344 e. The van der Waals surface area contributed by atoms with E-state index < -0.39 is 17.9 Å². The summed E-state index contributed by atoms with van der Waals surface area (Å²) in [6.45, 7) is 3.68. The Morgan fingerprint density at radius 2 is 2.38 bits per heavy atom. The molecule has 0 aromatic carbocycles. The molecule has 1 aliphatic heterocycles. The highest BCUT2D eigenvalue weighted by molar-refractivity contribution is 6.05. The lowest BCUT2D eigenvalue weighted by atomic mass is 10.0. The van der Waals surface area contributed by atoms with Gasteiger partial charge in [0.15, 0.2) is 0 Å². The molecule has 0 N–H and O–H groups in total. The van der Waals surface area contributed by atoms with Crippen molar-refractivity contribution >= 4 is 17.7 Å². The van der Waals surface area contributed by atoms with E-state index in [1.54, 1.807) is 13.8 Å². The third-order valence-corrected chi connectivity index (χ3v) is 1.74. The summed E-state index contributed by atoms with van der Waals surface area (Å²) in [5.41, 5.74) is 0.526. The van der Waals surface area contributed by atoms with E-state index in [0.29, 0.717) is 12.3 Å². The molecular weight excluding hydrogens is 174 g/mol. The molecule has 1 aliphatic rings. The predicted molar refractivity (Wildman–Crippen MR) is 43.9 cm³/mol. The zero-order valence-electron chi connectivity index (χ0n) is 7.57. The van der Waals surface area contributed by atoms with Crippen LogP contribution in [0.15, 0.2) is 5.16 Å². The predicted octanol–water partition coefficient (Wildman–Crippen LogP) is 0.489. The number of esters is 1. The Morgan fingerprint density at radius 3 is 2.85 bits per heavy atom. The first-order valence-electron chi connectivity index (χ1n) is 4.06. The number of nitrogens with zero attached hydrogens (tertiary/aromatic N) is 1. The van der Waals surface area contributed by atoms with Crippen LogP contribution >= 0.6 is 0 Å². The molecule has 1 rings (SSSR count). The van der Waals surface area contributed by atoms with Crippen molar-refractivity contribution in [3.63, 3.8) is 0 Å². The van der Waals surface area contributed by atoms with Crippen molar-refractivity contribution in [1.82, 2.24) is 0 Å². The summed E-state index contributed by atoms with van der Waals surface area (Å²) in [6.07, 6.45) is 0.0159. The van der Waals surface area contributed by atoms with Crippen LogP contribution in [0.4, 0.5) is 0 Å². The van der Waals surface area contributed by atoms with E-state index in [-0.39, 0.29) is 6.42 Å². The quantitative estimate of drug-likeness (QED) is 0.474. The van der Waals surface area contributed by atoms with Crippen molar-refractivity contribution in [3.05, 3.63) is 0 Å². The Kier molecular flexibility index (Phi) is 3.00. The van der Waals surface area contributed by atoms with E-state index in [0.717, 1.165) is 0 Å². The van der Waals surface area contributed by atoms with Gasteiger partial charge < -0.3 is 9.57 Å². The van der Waals surface area contributed by atoms with E-state index in [1.165, 1.54) is 0 Å². The Bertz CT molecular complexity index is 259. The molecule has 1 heterocycles. The number of hydrogen-bond acceptors (Lipinski definition) is 5. The molecular formula is C8H11NO4. The lowest BCUT2D eigenvalue weighted by Gasteiger charge is -2.04. The van der Waals surface area contributed by atoms with Crippen LogP contribution in [-0.4, -0.2) is 24.3 Å². The molecule has 0 spiro atoms. The molecule has 0 saturated carbocycles. The van der Waals surface area contributed by atoms with Crippen molar-refractivity contribution in [2.45, 2.75) is 20.3 Å². The second-order valence-corrected chi connectivity index (χ2v) is 2.70. The lowest BCUT2D eigenvalue weighted by Crippen LogP contribution is -2.21. The van der Waals surface area contributed by atoms with Gasteiger partial charge in [-0.25, -0.2) is 4.79 Å². The first-order chi connectivity index (χ1) is 6.15. The van der Waals surface area contributed by atoms with E-state index in [4.69, 9.17) is 4.74 Å². The Morgan fingerprint density at radius 1 is 1.69 bits per heavy atom. The lowest BCUT2D eigenvalue weighted by molar-refractivity contribution is -0.150. The van der Waals surface area contributed by atoms with Crippen LogP contribution in [0.25, 0.3) is 0 Å². The fourth-order valence-electron chi connectivity index (χ4n) is 1.03. The van der Waals surface area contributed by atoms with Gasteiger partial charge in [0.25, 0.3) is 0 Å². The summed E-state index contributed by atoms with van der Waals surface area (Å²) in [6, 6.07) is 0. The van der Waals surface area contributed by atoms with Crippen LogP contribution in [0.2, 0.25) is 0 Å². The largest absolute Gasteiger partial charge is 0.466 e. The molecule has 0 radical (unpaired) electrons. The van der Waals surface area contributed by atoms with Gasteiger partial charge in [-0.3, -0.25) is 4.79 Å². The molecule has 0 fully saturated rings. The monoisotopic (exact) mass is 185 g/mol. The average molecular weight is 185 g/mol. The number of rotatable bonds is 3. The second kappa shape index (κ2) is 4.02. The van der Waals surface area contributed by atoms with Gasteiger partial charge in [0.05, 0.1) is 18.7 Å². The zero-order chi connectivity index (χ0) is 9.84. The fourth-order valence-corrected chi connectivity index (χ4v) is 1.03. The highest BCUT2D eigenvalue weighted by atomic mass is 16.7. The maximum atomic E-state index is 11.0. The van der Waals surface area contributed by atoms with E-state index >= 15 is 0 Å². The topological polar surface area (TPSA) is 65.0 Å². The zero-order valence-corrected chi connectivity index (χ0v) is 7.57. The van der Waals surface area contributed by atoms with E-state index in [2.05, 4.69) is 9.99 Å². The summed E-state index contributed by atoms with van der Waals surface area (Å²) in [7, 11) is 0. The molecule has 0 aliphatic carbocycles. The van der Waals surface area contributed by atoms with Crippen molar-refractivity contribution in [2.75, 3.05) is 6.61 Å². The number of hydrogen-bond donors (Lipinski definition) is 0. The van der Waals surface area contributed by atoms with Crippen LogP contribution in [0.3, 0.4) is 0 Å². The van der Waals surface area contributed by atoms with Gasteiger partial charge in [0.2, 0.25) is 0 Å². The van der Waals surface area contributed by atoms with Gasteiger partial charge in [-0.15, -0.1) is 0 Å². The summed E-state index contributed by atoms with van der Waals surface area (Å²) in [5.74, 6) is -1.44. The Labute approximate surface area is 75.7 Å². The summed E-state index contributed by atoms with van der Waals surface area (Å²) in [4.78, 5) is 26.4. The van der Waals surface area contributed by atoms with Crippen LogP contribution in [0.5, 0.6) is 0 Å². The molecule has 5 heteroatoms. The fraction of sp³-hybridized carbons (Fsp3) is 0.625. The minimum atomic E-state index is -0.556. The Balaban J connectivity index is 2.48. The molecule has 0 saturated heterocycles. The average Bonchev–Trinajstić information content (AvgIpc) is 2.36. The first-order valence-corrected chi connectivity index (χ1v) is 4.06. The minimum absolute atomic E-state index is 0.0159. The highest BCUT2D eigenvalue weighted by Gasteiger charge is 2.32. The second-order valence-electron chi connectivity index (χ2n) is 2.70. The standard InChI is InChI=1S/C8H11NO4/c1-3-12-7(10)4-6-5(2)9-13-8(6)11/h6H,3-4H2,1-2H3/t6-/m1/s1. The molecule has 5 nitrogen and oxygen atoms in total. The van der Waals surface area contributed by atoms with Crippen molar-refractivity contribution in [2.24, 2.45) is 11.1 Å². The maximum Gasteiger partial charge on any atom is 0.344 e. The van der Waals surface area contributed by atoms with Gasteiger partial charge in [-0.1, -0.05) is 5.16 Å². The van der Waals surface area contributed by atoms with Gasteiger partial charge >= 0.3 is 11.9 Å². The summed E-state index contributed by atoms with van der Waals surface area (Å²) in [5, 5.41) is 3.47. The molecule has 0 unspecified atom stereocenters. The number of ether oxygens (including phenoxy) is 1. The highest BCUT2D eigenvalue weighted by Crippen LogP contribution is 2.16. The number of carbonyl (C=O) groups excluding carboxylic acids is 2. The van der Waals surface area contributed by atoms with Crippen LogP contribution < -0.4 is 0 Å². The third kappa shape index (κ3) is 2.27. The van der Waals surface area contributed by atoms with Gasteiger partial charge in [-0.2, -0.15) is 0 Å². The minimum Gasteiger partial charge on any atom is -0.466 e. The third-order valence-electron chi connectivity index (χ3n) is 1.74. The van der Waals surface area contributed by atoms with Crippen molar-refractivity contribution in [1.29, 1.82) is 0 Å². The van der Waals surface area contributed by atoms with Gasteiger partial charge in [0, 0.05) is 0 Å². The molecule has 72 valence electrons. The van der Waals surface area contributed by atoms with E-state index in [9.17, 15) is 9.59 Å².